The number of rotatable bonds is 5. The highest BCUT2D eigenvalue weighted by atomic mass is 19.1. The van der Waals surface area contributed by atoms with Gasteiger partial charge in [0.15, 0.2) is 5.84 Å². The summed E-state index contributed by atoms with van der Waals surface area (Å²) in [6.45, 7) is 1.89. The van der Waals surface area contributed by atoms with Crippen molar-refractivity contribution in [2.24, 2.45) is 15.9 Å². The van der Waals surface area contributed by atoms with Crippen LogP contribution in [0.2, 0.25) is 0 Å². The van der Waals surface area contributed by atoms with Crippen molar-refractivity contribution in [3.63, 3.8) is 0 Å². The molecule has 0 aliphatic carbocycles. The number of ether oxygens (including phenoxy) is 1. The van der Waals surface area contributed by atoms with Gasteiger partial charge in [-0.25, -0.2) is 9.37 Å². The maximum Gasteiger partial charge on any atom is 0.257 e. The number of aliphatic imine (C=N–C) groups is 1. The molecule has 0 bridgehead atoms. The molecule has 1 aromatic heterocycles. The van der Waals surface area contributed by atoms with Crippen molar-refractivity contribution in [2.75, 3.05) is 7.11 Å². The van der Waals surface area contributed by atoms with Crippen molar-refractivity contribution in [2.45, 2.75) is 25.8 Å². The number of nitrogens with zero attached hydrogens (tertiary/aromatic N) is 4. The normalized spacial score (nSPS) is 16.0. The molecule has 1 aliphatic rings. The number of halogens is 1. The number of imidazole rings is 1. The van der Waals surface area contributed by atoms with Crippen LogP contribution in [-0.4, -0.2) is 34.1 Å². The summed E-state index contributed by atoms with van der Waals surface area (Å²) in [6, 6.07) is 11.2. The van der Waals surface area contributed by atoms with Crippen LogP contribution in [0.1, 0.15) is 40.5 Å². The number of hydrogen-bond donors (Lipinski definition) is 2. The Morgan fingerprint density at radius 1 is 1.28 bits per heavy atom. The quantitative estimate of drug-likeness (QED) is 0.278. The lowest BCUT2D eigenvalue weighted by Gasteiger charge is -2.12. The van der Waals surface area contributed by atoms with Gasteiger partial charge >= 0.3 is 0 Å². The number of hydrazone groups is 1. The van der Waals surface area contributed by atoms with Crippen molar-refractivity contribution in [3.05, 3.63) is 77.6 Å². The van der Waals surface area contributed by atoms with E-state index in [4.69, 9.17) is 10.6 Å². The van der Waals surface area contributed by atoms with E-state index in [0.29, 0.717) is 23.4 Å². The fraction of sp³-hybridized carbons (Fsp3) is 0.217. The third kappa shape index (κ3) is 4.36. The molecule has 0 radical (unpaired) electrons. The molecule has 0 saturated heterocycles. The molecule has 3 N–H and O–H groups in total. The van der Waals surface area contributed by atoms with Gasteiger partial charge in [0.05, 0.1) is 36.6 Å². The fourth-order valence-electron chi connectivity index (χ4n) is 3.64. The largest absolute Gasteiger partial charge is 0.495 e. The Kier molecular flexibility index (Phi) is 5.98. The molecule has 4 rings (SSSR count). The molecule has 0 saturated carbocycles. The standard InChI is InChI=1S/C23H23FN6O2/c1-14-12-30(13-26-14)20-10-5-16(11-21(20)32-2)23(31)28-22(29-25)19-9-8-18(27-19)15-3-6-17(24)7-4-15/h3-7,10-13,18H,8-9,25H2,1-2H3,(H,28,29,31). The van der Waals surface area contributed by atoms with Crippen LogP contribution in [0.4, 0.5) is 4.39 Å². The number of carbonyl (C=O) groups is 1. The monoisotopic (exact) mass is 434 g/mol. The Hall–Kier alpha value is -4.01. The minimum absolute atomic E-state index is 0.128. The van der Waals surface area contributed by atoms with E-state index < -0.39 is 0 Å². The molecule has 164 valence electrons. The van der Waals surface area contributed by atoms with Crippen LogP contribution in [0.15, 0.2) is 65.1 Å². The number of hydrogen-bond acceptors (Lipinski definition) is 6. The number of amides is 1. The number of nitrogens with two attached hydrogens (primary N) is 1. The van der Waals surface area contributed by atoms with Crippen LogP contribution in [0.5, 0.6) is 5.75 Å². The summed E-state index contributed by atoms with van der Waals surface area (Å²) in [4.78, 5) is 21.7. The predicted octanol–water partition coefficient (Wildman–Crippen LogP) is 3.31. The number of nitrogens with one attached hydrogen (secondary N) is 1. The molecule has 2 aromatic carbocycles. The summed E-state index contributed by atoms with van der Waals surface area (Å²) >= 11 is 0. The van der Waals surface area contributed by atoms with Gasteiger partial charge < -0.3 is 20.5 Å². The van der Waals surface area contributed by atoms with E-state index in [0.717, 1.165) is 23.4 Å². The Morgan fingerprint density at radius 3 is 2.72 bits per heavy atom. The third-order valence-electron chi connectivity index (χ3n) is 5.29. The van der Waals surface area contributed by atoms with Crippen LogP contribution >= 0.6 is 0 Å². The Bertz CT molecular complexity index is 1200. The van der Waals surface area contributed by atoms with Crippen molar-refractivity contribution < 1.29 is 13.9 Å². The molecule has 8 nitrogen and oxygen atoms in total. The molecule has 1 aliphatic heterocycles. The first-order chi connectivity index (χ1) is 15.5. The number of methoxy groups -OCH3 is 1. The molecule has 3 aromatic rings. The zero-order chi connectivity index (χ0) is 22.7. The van der Waals surface area contributed by atoms with Crippen molar-refractivity contribution in [1.29, 1.82) is 0 Å². The van der Waals surface area contributed by atoms with E-state index >= 15 is 0 Å². The second-order valence-corrected chi connectivity index (χ2v) is 7.42. The van der Waals surface area contributed by atoms with Crippen LogP contribution in [0.3, 0.4) is 0 Å². The number of aromatic nitrogens is 2. The summed E-state index contributed by atoms with van der Waals surface area (Å²) in [7, 11) is 1.54. The number of carbonyl (C=O) groups excluding carboxylic acids is 1. The predicted molar refractivity (Wildman–Crippen MR) is 120 cm³/mol. The minimum atomic E-state index is -0.381. The lowest BCUT2D eigenvalue weighted by molar-refractivity contribution is 0.0977. The summed E-state index contributed by atoms with van der Waals surface area (Å²) in [5.41, 5.74) is 3.53. The van der Waals surface area contributed by atoms with Gasteiger partial charge in [-0.2, -0.15) is 5.10 Å². The topological polar surface area (TPSA) is 107 Å². The number of aryl methyl sites for hydroxylation is 1. The highest BCUT2D eigenvalue weighted by molar-refractivity contribution is 6.44. The maximum absolute atomic E-state index is 13.2. The first-order valence-corrected chi connectivity index (χ1v) is 10.1. The number of amidine groups is 1. The van der Waals surface area contributed by atoms with Crippen LogP contribution in [0.25, 0.3) is 5.69 Å². The SMILES string of the molecule is COc1cc(C(=O)NC(=NN)C2=NC(c3ccc(F)cc3)CC2)ccc1-n1cnc(C)c1. The molecular weight excluding hydrogens is 411 g/mol. The highest BCUT2D eigenvalue weighted by Gasteiger charge is 2.24. The van der Waals surface area contributed by atoms with Crippen LogP contribution < -0.4 is 15.9 Å². The molecule has 1 atom stereocenters. The lowest BCUT2D eigenvalue weighted by atomic mass is 10.0. The summed E-state index contributed by atoms with van der Waals surface area (Å²) in [5.74, 6) is 5.61. The zero-order valence-corrected chi connectivity index (χ0v) is 17.7. The van der Waals surface area contributed by atoms with E-state index in [-0.39, 0.29) is 23.6 Å². The average molecular weight is 434 g/mol. The Morgan fingerprint density at radius 2 is 2.06 bits per heavy atom. The van der Waals surface area contributed by atoms with Gasteiger partial charge in [-0.3, -0.25) is 9.79 Å². The van der Waals surface area contributed by atoms with E-state index in [9.17, 15) is 9.18 Å². The first-order valence-electron chi connectivity index (χ1n) is 10.1. The molecule has 32 heavy (non-hydrogen) atoms. The summed E-state index contributed by atoms with van der Waals surface area (Å²) in [6.07, 6.45) is 4.87. The van der Waals surface area contributed by atoms with Crippen LogP contribution in [0, 0.1) is 12.7 Å². The third-order valence-corrected chi connectivity index (χ3v) is 5.29. The van der Waals surface area contributed by atoms with Gasteiger partial charge in [-0.05, 0) is 55.7 Å². The number of benzene rings is 2. The maximum atomic E-state index is 13.2. The molecule has 2 heterocycles. The first kappa shape index (κ1) is 21.2. The van der Waals surface area contributed by atoms with Crippen LogP contribution in [-0.2, 0) is 0 Å². The molecule has 1 unspecified atom stereocenters. The fourth-order valence-corrected chi connectivity index (χ4v) is 3.64. The van der Waals surface area contributed by atoms with Gasteiger partial charge in [0.1, 0.15) is 11.6 Å². The van der Waals surface area contributed by atoms with E-state index in [1.54, 1.807) is 43.8 Å². The smallest absolute Gasteiger partial charge is 0.257 e. The van der Waals surface area contributed by atoms with Crippen molar-refractivity contribution in [1.82, 2.24) is 14.9 Å². The minimum Gasteiger partial charge on any atom is -0.495 e. The van der Waals surface area contributed by atoms with Gasteiger partial charge in [-0.15, -0.1) is 0 Å². The van der Waals surface area contributed by atoms with Crippen molar-refractivity contribution in [3.8, 4) is 11.4 Å². The average Bonchev–Trinajstić information content (AvgIpc) is 3.47. The molecule has 0 spiro atoms. The Balaban J connectivity index is 1.51. The molecular formula is C23H23FN6O2. The van der Waals surface area contributed by atoms with E-state index in [1.807, 2.05) is 17.7 Å². The second kappa shape index (κ2) is 9.01. The molecule has 9 heteroatoms. The zero-order valence-electron chi connectivity index (χ0n) is 17.7. The highest BCUT2D eigenvalue weighted by Crippen LogP contribution is 2.29. The van der Waals surface area contributed by atoms with E-state index in [1.165, 1.54) is 12.1 Å². The van der Waals surface area contributed by atoms with Gasteiger partial charge in [0.2, 0.25) is 0 Å². The van der Waals surface area contributed by atoms with Crippen molar-refractivity contribution >= 4 is 17.5 Å². The molecule has 1 amide bonds. The Labute approximate surface area is 184 Å². The molecule has 0 fully saturated rings. The second-order valence-electron chi connectivity index (χ2n) is 7.42. The lowest BCUT2D eigenvalue weighted by Crippen LogP contribution is -2.36. The summed E-state index contributed by atoms with van der Waals surface area (Å²) in [5, 5.41) is 6.48. The van der Waals surface area contributed by atoms with Gasteiger partial charge in [0.25, 0.3) is 5.91 Å². The van der Waals surface area contributed by atoms with Gasteiger partial charge in [-0.1, -0.05) is 12.1 Å². The van der Waals surface area contributed by atoms with Gasteiger partial charge in [0, 0.05) is 11.8 Å². The summed E-state index contributed by atoms with van der Waals surface area (Å²) < 4.78 is 20.5. The van der Waals surface area contributed by atoms with E-state index in [2.05, 4.69) is 20.4 Å².